The molecule has 1 rings (SSSR count). The zero-order valence-corrected chi connectivity index (χ0v) is 8.31. The van der Waals surface area contributed by atoms with E-state index in [1.165, 1.54) is 16.7 Å². The summed E-state index contributed by atoms with van der Waals surface area (Å²) in [4.78, 5) is 2.16. The number of hydrogen-bond acceptors (Lipinski definition) is 1. The van der Waals surface area contributed by atoms with Gasteiger partial charge < -0.3 is 4.90 Å². The van der Waals surface area contributed by atoms with Gasteiger partial charge in [0, 0.05) is 6.54 Å². The molecular weight excluding hydrogens is 146 g/mol. The van der Waals surface area contributed by atoms with Crippen LogP contribution in [0.5, 0.6) is 0 Å². The van der Waals surface area contributed by atoms with Crippen molar-refractivity contribution in [3.05, 3.63) is 34.9 Å². The number of hydrogen-bond donors (Lipinski definition) is 0. The number of aryl methyl sites for hydroxylation is 2. The SMILES string of the molecule is Cc1c[c]c(CN(C)C)c(C)c1. The van der Waals surface area contributed by atoms with Gasteiger partial charge in [-0.1, -0.05) is 17.7 Å². The molecule has 0 saturated heterocycles. The van der Waals surface area contributed by atoms with Gasteiger partial charge in [-0.15, -0.1) is 0 Å². The summed E-state index contributed by atoms with van der Waals surface area (Å²) in [5, 5.41) is 0. The van der Waals surface area contributed by atoms with E-state index in [2.05, 4.69) is 45.0 Å². The minimum Gasteiger partial charge on any atom is -0.305 e. The van der Waals surface area contributed by atoms with Gasteiger partial charge in [0.25, 0.3) is 0 Å². The summed E-state index contributed by atoms with van der Waals surface area (Å²) in [6.45, 7) is 5.22. The maximum Gasteiger partial charge on any atom is 0.0236 e. The summed E-state index contributed by atoms with van der Waals surface area (Å²) in [5.41, 5.74) is 3.92. The Hall–Kier alpha value is -0.820. The van der Waals surface area contributed by atoms with Crippen LogP contribution >= 0.6 is 0 Å². The van der Waals surface area contributed by atoms with Crippen LogP contribution in [0.1, 0.15) is 16.7 Å². The average Bonchev–Trinajstić information content (AvgIpc) is 1.94. The fraction of sp³-hybridized carbons (Fsp3) is 0.455. The van der Waals surface area contributed by atoms with Crippen LogP contribution in [-0.2, 0) is 6.54 Å². The van der Waals surface area contributed by atoms with Gasteiger partial charge in [-0.2, -0.15) is 0 Å². The minimum atomic E-state index is 0.978. The van der Waals surface area contributed by atoms with Gasteiger partial charge in [0.1, 0.15) is 0 Å². The van der Waals surface area contributed by atoms with Gasteiger partial charge in [-0.25, -0.2) is 0 Å². The molecule has 0 aliphatic heterocycles. The largest absolute Gasteiger partial charge is 0.305 e. The van der Waals surface area contributed by atoms with Crippen LogP contribution in [0.2, 0.25) is 0 Å². The molecule has 1 aromatic rings. The molecule has 0 fully saturated rings. The van der Waals surface area contributed by atoms with Crippen LogP contribution in [0.3, 0.4) is 0 Å². The highest BCUT2D eigenvalue weighted by atomic mass is 15.0. The number of rotatable bonds is 2. The van der Waals surface area contributed by atoms with E-state index in [-0.39, 0.29) is 0 Å². The van der Waals surface area contributed by atoms with Crippen LogP contribution in [0, 0.1) is 19.9 Å². The van der Waals surface area contributed by atoms with Crippen LogP contribution in [0.4, 0.5) is 0 Å². The van der Waals surface area contributed by atoms with Gasteiger partial charge >= 0.3 is 0 Å². The van der Waals surface area contributed by atoms with E-state index in [4.69, 9.17) is 0 Å². The first-order valence-electron chi connectivity index (χ1n) is 4.22. The van der Waals surface area contributed by atoms with E-state index in [1.54, 1.807) is 0 Å². The molecule has 1 radical (unpaired) electrons. The second-order valence-electron chi connectivity index (χ2n) is 3.58. The first kappa shape index (κ1) is 9.27. The monoisotopic (exact) mass is 162 g/mol. The van der Waals surface area contributed by atoms with E-state index in [0.717, 1.165) is 6.54 Å². The molecule has 0 saturated carbocycles. The molecule has 1 nitrogen and oxygen atoms in total. The van der Waals surface area contributed by atoms with Crippen molar-refractivity contribution in [3.8, 4) is 0 Å². The third-order valence-electron chi connectivity index (χ3n) is 1.87. The molecule has 0 aliphatic rings. The molecule has 0 spiro atoms. The molecule has 0 unspecified atom stereocenters. The molecule has 0 atom stereocenters. The summed E-state index contributed by atoms with van der Waals surface area (Å²) in [5.74, 6) is 0. The maximum atomic E-state index is 3.29. The highest BCUT2D eigenvalue weighted by Crippen LogP contribution is 2.10. The van der Waals surface area contributed by atoms with E-state index in [9.17, 15) is 0 Å². The maximum absolute atomic E-state index is 3.29. The topological polar surface area (TPSA) is 3.24 Å². The van der Waals surface area contributed by atoms with Crippen molar-refractivity contribution >= 4 is 0 Å². The Morgan fingerprint density at radius 3 is 2.50 bits per heavy atom. The predicted octanol–water partition coefficient (Wildman–Crippen LogP) is 2.17. The van der Waals surface area contributed by atoms with E-state index in [0.29, 0.717) is 0 Å². The Morgan fingerprint density at radius 1 is 1.33 bits per heavy atom. The van der Waals surface area contributed by atoms with Crippen LogP contribution in [0.25, 0.3) is 0 Å². The Balaban J connectivity index is 2.86. The first-order valence-corrected chi connectivity index (χ1v) is 4.22. The lowest BCUT2D eigenvalue weighted by molar-refractivity contribution is 0.401. The average molecular weight is 162 g/mol. The standard InChI is InChI=1S/C11H16N/c1-9-5-6-11(8-12(3)4)10(2)7-9/h5,7H,8H2,1-4H3. The number of benzene rings is 1. The third kappa shape index (κ3) is 2.35. The van der Waals surface area contributed by atoms with Crippen LogP contribution in [0.15, 0.2) is 12.1 Å². The van der Waals surface area contributed by atoms with Gasteiger partial charge in [0.05, 0.1) is 0 Å². The Bertz CT molecular complexity index is 264. The summed E-state index contributed by atoms with van der Waals surface area (Å²) < 4.78 is 0. The Morgan fingerprint density at radius 2 is 2.00 bits per heavy atom. The lowest BCUT2D eigenvalue weighted by Gasteiger charge is -2.11. The molecule has 65 valence electrons. The predicted molar refractivity (Wildman–Crippen MR) is 52.1 cm³/mol. The second kappa shape index (κ2) is 3.72. The van der Waals surface area contributed by atoms with Crippen molar-refractivity contribution in [2.45, 2.75) is 20.4 Å². The highest BCUT2D eigenvalue weighted by molar-refractivity contribution is 5.29. The molecule has 0 aromatic heterocycles. The molecule has 0 heterocycles. The van der Waals surface area contributed by atoms with E-state index < -0.39 is 0 Å². The fourth-order valence-electron chi connectivity index (χ4n) is 1.27. The van der Waals surface area contributed by atoms with Crippen molar-refractivity contribution in [1.82, 2.24) is 4.90 Å². The van der Waals surface area contributed by atoms with Crippen molar-refractivity contribution in [2.24, 2.45) is 0 Å². The first-order chi connectivity index (χ1) is 5.59. The Labute approximate surface area is 75.0 Å². The van der Waals surface area contributed by atoms with Gasteiger partial charge in [0.2, 0.25) is 0 Å². The summed E-state index contributed by atoms with van der Waals surface area (Å²) in [6.07, 6.45) is 0. The van der Waals surface area contributed by atoms with Crippen LogP contribution in [-0.4, -0.2) is 19.0 Å². The van der Waals surface area contributed by atoms with Crippen LogP contribution < -0.4 is 0 Å². The lowest BCUT2D eigenvalue weighted by Crippen LogP contribution is -2.11. The van der Waals surface area contributed by atoms with Crippen molar-refractivity contribution in [1.29, 1.82) is 0 Å². The smallest absolute Gasteiger partial charge is 0.0236 e. The highest BCUT2D eigenvalue weighted by Gasteiger charge is 1.99. The molecule has 1 aromatic carbocycles. The van der Waals surface area contributed by atoms with E-state index in [1.807, 2.05) is 6.07 Å². The second-order valence-corrected chi connectivity index (χ2v) is 3.58. The molecule has 0 bridgehead atoms. The van der Waals surface area contributed by atoms with Gasteiger partial charge in [-0.3, -0.25) is 0 Å². The normalized spacial score (nSPS) is 10.8. The lowest BCUT2D eigenvalue weighted by atomic mass is 10.1. The molecule has 0 amide bonds. The molecular formula is C11H16N. The summed E-state index contributed by atoms with van der Waals surface area (Å²) >= 11 is 0. The van der Waals surface area contributed by atoms with Gasteiger partial charge in [0.15, 0.2) is 0 Å². The molecule has 0 aliphatic carbocycles. The summed E-state index contributed by atoms with van der Waals surface area (Å²) in [6, 6.07) is 7.55. The molecule has 12 heavy (non-hydrogen) atoms. The van der Waals surface area contributed by atoms with Crippen molar-refractivity contribution in [2.75, 3.05) is 14.1 Å². The van der Waals surface area contributed by atoms with Crippen molar-refractivity contribution in [3.63, 3.8) is 0 Å². The zero-order valence-electron chi connectivity index (χ0n) is 8.31. The summed E-state index contributed by atoms with van der Waals surface area (Å²) in [7, 11) is 4.15. The van der Waals surface area contributed by atoms with E-state index >= 15 is 0 Å². The van der Waals surface area contributed by atoms with Crippen molar-refractivity contribution < 1.29 is 0 Å². The third-order valence-corrected chi connectivity index (χ3v) is 1.87. The Kier molecular flexibility index (Phi) is 2.88. The minimum absolute atomic E-state index is 0.978. The number of nitrogens with zero attached hydrogens (tertiary/aromatic N) is 1. The molecule has 0 N–H and O–H groups in total. The quantitative estimate of drug-likeness (QED) is 0.644. The zero-order chi connectivity index (χ0) is 9.14. The van der Waals surface area contributed by atoms with Gasteiger partial charge in [-0.05, 0) is 45.1 Å². The fourth-order valence-corrected chi connectivity index (χ4v) is 1.27. The molecule has 1 heteroatoms.